The van der Waals surface area contributed by atoms with Crippen LogP contribution in [0.2, 0.25) is 0 Å². The first kappa shape index (κ1) is 12.9. The number of hydrogen-bond donors (Lipinski definition) is 0. The Morgan fingerprint density at radius 2 is 1.77 bits per heavy atom. The predicted octanol–water partition coefficient (Wildman–Crippen LogP) is 1.66. The standard InChI is InChI=1S/C10H21ClN2/c1-12(2)8-6-10-13(3)9-5-4-7-11/h4-5H,6-10H2,1-3H3. The maximum atomic E-state index is 5.52. The van der Waals surface area contributed by atoms with Gasteiger partial charge in [0, 0.05) is 12.4 Å². The molecule has 3 heteroatoms. The van der Waals surface area contributed by atoms with Crippen molar-refractivity contribution in [2.75, 3.05) is 46.7 Å². The molecule has 78 valence electrons. The van der Waals surface area contributed by atoms with Gasteiger partial charge in [-0.3, -0.25) is 0 Å². The number of allylic oxidation sites excluding steroid dienone is 1. The largest absolute Gasteiger partial charge is 0.309 e. The summed E-state index contributed by atoms with van der Waals surface area (Å²) in [5.74, 6) is 0.617. The lowest BCUT2D eigenvalue weighted by molar-refractivity contribution is 0.321. The Morgan fingerprint density at radius 1 is 1.08 bits per heavy atom. The highest BCUT2D eigenvalue weighted by Crippen LogP contribution is 1.90. The number of halogens is 1. The van der Waals surface area contributed by atoms with E-state index in [1.54, 1.807) is 0 Å². The van der Waals surface area contributed by atoms with Gasteiger partial charge in [0.1, 0.15) is 0 Å². The van der Waals surface area contributed by atoms with Crippen molar-refractivity contribution in [3.05, 3.63) is 12.2 Å². The Labute approximate surface area is 87.2 Å². The van der Waals surface area contributed by atoms with Crippen molar-refractivity contribution in [1.29, 1.82) is 0 Å². The Balaban J connectivity index is 3.29. The Bertz CT molecular complexity index is 135. The summed E-state index contributed by atoms with van der Waals surface area (Å²) in [6, 6.07) is 0. The summed E-state index contributed by atoms with van der Waals surface area (Å²) in [6.45, 7) is 3.30. The number of likely N-dealkylation sites (N-methyl/N-ethyl adjacent to an activating group) is 1. The molecule has 0 fully saturated rings. The molecule has 0 aromatic rings. The molecule has 0 spiro atoms. The van der Waals surface area contributed by atoms with Gasteiger partial charge >= 0.3 is 0 Å². The van der Waals surface area contributed by atoms with Gasteiger partial charge in [0.25, 0.3) is 0 Å². The van der Waals surface area contributed by atoms with E-state index in [0.29, 0.717) is 5.88 Å². The summed E-state index contributed by atoms with van der Waals surface area (Å²) in [6.07, 6.45) is 5.32. The first-order chi connectivity index (χ1) is 6.16. The lowest BCUT2D eigenvalue weighted by Crippen LogP contribution is -2.23. The lowest BCUT2D eigenvalue weighted by atomic mass is 10.3. The lowest BCUT2D eigenvalue weighted by Gasteiger charge is -2.16. The van der Waals surface area contributed by atoms with Crippen LogP contribution in [0.5, 0.6) is 0 Å². The smallest absolute Gasteiger partial charge is 0.0404 e. The molecule has 0 saturated carbocycles. The zero-order valence-electron chi connectivity index (χ0n) is 8.96. The number of nitrogens with zero attached hydrogens (tertiary/aromatic N) is 2. The molecular weight excluding hydrogens is 184 g/mol. The molecule has 0 unspecified atom stereocenters. The van der Waals surface area contributed by atoms with E-state index in [9.17, 15) is 0 Å². The molecule has 0 atom stereocenters. The van der Waals surface area contributed by atoms with Crippen LogP contribution in [0.25, 0.3) is 0 Å². The van der Waals surface area contributed by atoms with Gasteiger partial charge in [-0.05, 0) is 40.7 Å². The average Bonchev–Trinajstić information content (AvgIpc) is 2.04. The van der Waals surface area contributed by atoms with Crippen molar-refractivity contribution in [2.24, 2.45) is 0 Å². The van der Waals surface area contributed by atoms with Gasteiger partial charge in [0.2, 0.25) is 0 Å². The average molecular weight is 205 g/mol. The second kappa shape index (κ2) is 8.54. The molecule has 0 heterocycles. The maximum absolute atomic E-state index is 5.52. The van der Waals surface area contributed by atoms with Crippen LogP contribution in [-0.4, -0.2) is 56.5 Å². The minimum Gasteiger partial charge on any atom is -0.309 e. The van der Waals surface area contributed by atoms with E-state index >= 15 is 0 Å². The molecule has 0 amide bonds. The Hall–Kier alpha value is -0.0500. The predicted molar refractivity (Wildman–Crippen MR) is 60.5 cm³/mol. The summed E-state index contributed by atoms with van der Waals surface area (Å²) >= 11 is 5.52. The van der Waals surface area contributed by atoms with Gasteiger partial charge in [-0.1, -0.05) is 12.2 Å². The van der Waals surface area contributed by atoms with Crippen LogP contribution in [0.1, 0.15) is 6.42 Å². The summed E-state index contributed by atoms with van der Waals surface area (Å²) in [4.78, 5) is 4.51. The molecule has 0 radical (unpaired) electrons. The summed E-state index contributed by atoms with van der Waals surface area (Å²) < 4.78 is 0. The Morgan fingerprint density at radius 3 is 2.31 bits per heavy atom. The Kier molecular flexibility index (Phi) is 8.51. The third-order valence-corrected chi connectivity index (χ3v) is 2.00. The van der Waals surface area contributed by atoms with Gasteiger partial charge in [0.15, 0.2) is 0 Å². The van der Waals surface area contributed by atoms with E-state index in [4.69, 9.17) is 11.6 Å². The minimum atomic E-state index is 0.617. The third kappa shape index (κ3) is 9.87. The van der Waals surface area contributed by atoms with Crippen LogP contribution < -0.4 is 0 Å². The normalized spacial score (nSPS) is 12.2. The van der Waals surface area contributed by atoms with E-state index in [1.165, 1.54) is 6.42 Å². The van der Waals surface area contributed by atoms with Crippen LogP contribution in [0, 0.1) is 0 Å². The first-order valence-electron chi connectivity index (χ1n) is 4.71. The number of alkyl halides is 1. The van der Waals surface area contributed by atoms with Crippen molar-refractivity contribution in [3.8, 4) is 0 Å². The highest BCUT2D eigenvalue weighted by atomic mass is 35.5. The van der Waals surface area contributed by atoms with Crippen molar-refractivity contribution < 1.29 is 0 Å². The van der Waals surface area contributed by atoms with Crippen LogP contribution in [0.4, 0.5) is 0 Å². The molecule has 0 aliphatic rings. The van der Waals surface area contributed by atoms with Crippen LogP contribution in [0.15, 0.2) is 12.2 Å². The summed E-state index contributed by atoms with van der Waals surface area (Å²) in [7, 11) is 6.34. The van der Waals surface area contributed by atoms with Gasteiger partial charge in [-0.2, -0.15) is 0 Å². The molecule has 0 aliphatic carbocycles. The highest BCUT2D eigenvalue weighted by Gasteiger charge is 1.95. The first-order valence-corrected chi connectivity index (χ1v) is 5.24. The number of rotatable bonds is 7. The van der Waals surface area contributed by atoms with Gasteiger partial charge in [-0.25, -0.2) is 0 Å². The van der Waals surface area contributed by atoms with Gasteiger partial charge in [0.05, 0.1) is 0 Å². The topological polar surface area (TPSA) is 6.48 Å². The molecule has 0 saturated heterocycles. The monoisotopic (exact) mass is 204 g/mol. The summed E-state index contributed by atoms with van der Waals surface area (Å²) in [5, 5.41) is 0. The van der Waals surface area contributed by atoms with Crippen molar-refractivity contribution >= 4 is 11.6 Å². The number of hydrogen-bond acceptors (Lipinski definition) is 2. The molecule has 2 nitrogen and oxygen atoms in total. The van der Waals surface area contributed by atoms with Crippen molar-refractivity contribution in [3.63, 3.8) is 0 Å². The maximum Gasteiger partial charge on any atom is 0.0404 e. The van der Waals surface area contributed by atoms with Crippen LogP contribution >= 0.6 is 11.6 Å². The zero-order chi connectivity index (χ0) is 10.1. The van der Waals surface area contributed by atoms with E-state index < -0.39 is 0 Å². The van der Waals surface area contributed by atoms with Crippen LogP contribution in [0.3, 0.4) is 0 Å². The fraction of sp³-hybridized carbons (Fsp3) is 0.800. The van der Waals surface area contributed by atoms with E-state index in [-0.39, 0.29) is 0 Å². The molecule has 13 heavy (non-hydrogen) atoms. The second-order valence-corrected chi connectivity index (χ2v) is 3.85. The highest BCUT2D eigenvalue weighted by molar-refractivity contribution is 6.18. The third-order valence-electron chi connectivity index (χ3n) is 1.82. The molecule has 0 aromatic heterocycles. The van der Waals surface area contributed by atoms with Gasteiger partial charge < -0.3 is 9.80 Å². The van der Waals surface area contributed by atoms with Crippen molar-refractivity contribution in [2.45, 2.75) is 6.42 Å². The summed E-state index contributed by atoms with van der Waals surface area (Å²) in [5.41, 5.74) is 0. The van der Waals surface area contributed by atoms with E-state index in [2.05, 4.69) is 37.0 Å². The second-order valence-electron chi connectivity index (χ2n) is 3.54. The van der Waals surface area contributed by atoms with E-state index in [0.717, 1.165) is 19.6 Å². The molecule has 0 aromatic carbocycles. The zero-order valence-corrected chi connectivity index (χ0v) is 9.72. The molecule has 0 N–H and O–H groups in total. The minimum absolute atomic E-state index is 0.617. The van der Waals surface area contributed by atoms with Gasteiger partial charge in [-0.15, -0.1) is 11.6 Å². The SMILES string of the molecule is CN(C)CCCN(C)CC=CCCl. The quantitative estimate of drug-likeness (QED) is 0.460. The van der Waals surface area contributed by atoms with E-state index in [1.807, 2.05) is 6.08 Å². The van der Waals surface area contributed by atoms with Crippen LogP contribution in [-0.2, 0) is 0 Å². The fourth-order valence-corrected chi connectivity index (χ4v) is 1.19. The molecule has 0 rings (SSSR count). The molecular formula is C10H21ClN2. The van der Waals surface area contributed by atoms with Crippen molar-refractivity contribution in [1.82, 2.24) is 9.80 Å². The molecule has 0 bridgehead atoms. The molecule has 0 aliphatic heterocycles. The fourth-order valence-electron chi connectivity index (χ4n) is 1.07.